The zero-order valence-electron chi connectivity index (χ0n) is 13.4. The van der Waals surface area contributed by atoms with Crippen molar-refractivity contribution in [3.05, 3.63) is 65.7 Å². The van der Waals surface area contributed by atoms with Gasteiger partial charge in [0.05, 0.1) is 5.92 Å². The summed E-state index contributed by atoms with van der Waals surface area (Å²) in [6.07, 6.45) is 3.92. The maximum Gasteiger partial charge on any atom is 0.307 e. The molecular weight excluding hydrogens is 307 g/mol. The average Bonchev–Trinajstić information content (AvgIpc) is 2.60. The molecule has 3 rings (SSSR count). The molecular formula is C19H21FN2O2. The first kappa shape index (κ1) is 16.6. The van der Waals surface area contributed by atoms with Gasteiger partial charge in [0.15, 0.2) is 0 Å². The largest absolute Gasteiger partial charge is 0.481 e. The van der Waals surface area contributed by atoms with Crippen molar-refractivity contribution in [1.82, 2.24) is 9.88 Å². The van der Waals surface area contributed by atoms with Crippen molar-refractivity contribution < 1.29 is 14.3 Å². The Bertz CT molecular complexity index is 693. The number of hydrogen-bond donors (Lipinski definition) is 1. The molecule has 2 heterocycles. The number of carboxylic acid groups (broad SMARTS) is 1. The highest BCUT2D eigenvalue weighted by molar-refractivity contribution is 5.70. The van der Waals surface area contributed by atoms with Gasteiger partial charge in [-0.3, -0.25) is 14.7 Å². The maximum atomic E-state index is 13.7. The SMILES string of the molecule is O=C(O)C1CCCN(C(Cc2ccccn2)c2cccc(F)c2)C1. The number of piperidine rings is 1. The van der Waals surface area contributed by atoms with Gasteiger partial charge < -0.3 is 5.11 Å². The van der Waals surface area contributed by atoms with Crippen LogP contribution in [0.25, 0.3) is 0 Å². The number of aliphatic carboxylic acids is 1. The average molecular weight is 328 g/mol. The number of likely N-dealkylation sites (tertiary alicyclic amines) is 1. The molecule has 0 bridgehead atoms. The van der Waals surface area contributed by atoms with E-state index in [1.54, 1.807) is 12.3 Å². The lowest BCUT2D eigenvalue weighted by Gasteiger charge is -2.37. The maximum absolute atomic E-state index is 13.7. The van der Waals surface area contributed by atoms with Crippen molar-refractivity contribution in [2.45, 2.75) is 25.3 Å². The molecule has 2 aromatic rings. The van der Waals surface area contributed by atoms with E-state index in [1.807, 2.05) is 24.3 Å². The Morgan fingerprint density at radius 3 is 2.92 bits per heavy atom. The minimum absolute atomic E-state index is 0.0715. The van der Waals surface area contributed by atoms with Gasteiger partial charge in [0.25, 0.3) is 0 Å². The molecule has 5 heteroatoms. The molecule has 0 spiro atoms. The highest BCUT2D eigenvalue weighted by Crippen LogP contribution is 2.30. The molecule has 1 aliphatic rings. The van der Waals surface area contributed by atoms with Gasteiger partial charge in [-0.15, -0.1) is 0 Å². The van der Waals surface area contributed by atoms with Gasteiger partial charge in [0.1, 0.15) is 5.82 Å². The molecule has 1 saturated heterocycles. The molecule has 1 N–H and O–H groups in total. The zero-order valence-corrected chi connectivity index (χ0v) is 13.4. The van der Waals surface area contributed by atoms with Crippen LogP contribution in [0.4, 0.5) is 4.39 Å². The van der Waals surface area contributed by atoms with E-state index in [0.717, 1.165) is 24.2 Å². The summed E-state index contributed by atoms with van der Waals surface area (Å²) in [5.41, 5.74) is 1.79. The first-order chi connectivity index (χ1) is 11.6. The molecule has 1 aromatic heterocycles. The summed E-state index contributed by atoms with van der Waals surface area (Å²) in [6, 6.07) is 12.2. The molecule has 1 fully saturated rings. The Labute approximate surface area is 141 Å². The third kappa shape index (κ3) is 3.97. The number of halogens is 1. The second-order valence-corrected chi connectivity index (χ2v) is 6.27. The van der Waals surface area contributed by atoms with Crippen molar-refractivity contribution in [2.24, 2.45) is 5.92 Å². The molecule has 2 atom stereocenters. The molecule has 0 saturated carbocycles. The van der Waals surface area contributed by atoms with E-state index in [-0.39, 0.29) is 17.8 Å². The second-order valence-electron chi connectivity index (χ2n) is 6.27. The number of nitrogens with zero attached hydrogens (tertiary/aromatic N) is 2. The highest BCUT2D eigenvalue weighted by Gasteiger charge is 2.30. The first-order valence-corrected chi connectivity index (χ1v) is 8.25. The van der Waals surface area contributed by atoms with E-state index in [0.29, 0.717) is 19.4 Å². The number of hydrogen-bond acceptors (Lipinski definition) is 3. The van der Waals surface area contributed by atoms with Crippen LogP contribution in [0.5, 0.6) is 0 Å². The van der Waals surface area contributed by atoms with Gasteiger partial charge in [-0.25, -0.2) is 4.39 Å². The van der Waals surface area contributed by atoms with Gasteiger partial charge in [0, 0.05) is 30.9 Å². The summed E-state index contributed by atoms with van der Waals surface area (Å²) in [4.78, 5) is 17.9. The summed E-state index contributed by atoms with van der Waals surface area (Å²) >= 11 is 0. The number of aromatic nitrogens is 1. The van der Waals surface area contributed by atoms with Crippen molar-refractivity contribution >= 4 is 5.97 Å². The molecule has 1 aromatic carbocycles. The van der Waals surface area contributed by atoms with Crippen LogP contribution < -0.4 is 0 Å². The summed E-state index contributed by atoms with van der Waals surface area (Å²) in [6.45, 7) is 1.31. The number of carboxylic acids is 1. The van der Waals surface area contributed by atoms with E-state index < -0.39 is 5.97 Å². The lowest BCUT2D eigenvalue weighted by Crippen LogP contribution is -2.41. The molecule has 126 valence electrons. The minimum Gasteiger partial charge on any atom is -0.481 e. The summed E-state index contributed by atoms with van der Waals surface area (Å²) in [5.74, 6) is -1.39. The van der Waals surface area contributed by atoms with Crippen molar-refractivity contribution in [2.75, 3.05) is 13.1 Å². The Kier molecular flexibility index (Phi) is 5.20. The van der Waals surface area contributed by atoms with Crippen molar-refractivity contribution in [3.63, 3.8) is 0 Å². The molecule has 4 nitrogen and oxygen atoms in total. The van der Waals surface area contributed by atoms with Gasteiger partial charge in [0.2, 0.25) is 0 Å². The molecule has 2 unspecified atom stereocenters. The lowest BCUT2D eigenvalue weighted by atomic mass is 9.93. The Hall–Kier alpha value is -2.27. The van der Waals surface area contributed by atoms with Crippen LogP contribution in [-0.2, 0) is 11.2 Å². The Morgan fingerprint density at radius 1 is 1.33 bits per heavy atom. The highest BCUT2D eigenvalue weighted by atomic mass is 19.1. The Balaban J connectivity index is 1.88. The number of pyridine rings is 1. The van der Waals surface area contributed by atoms with Crippen LogP contribution in [0, 0.1) is 11.7 Å². The molecule has 1 aliphatic heterocycles. The molecule has 0 aliphatic carbocycles. The number of rotatable bonds is 5. The van der Waals surface area contributed by atoms with Crippen LogP contribution in [-0.4, -0.2) is 34.0 Å². The number of carbonyl (C=O) groups is 1. The van der Waals surface area contributed by atoms with Crippen LogP contribution in [0.15, 0.2) is 48.7 Å². The quantitative estimate of drug-likeness (QED) is 0.915. The zero-order chi connectivity index (χ0) is 16.9. The van der Waals surface area contributed by atoms with E-state index in [4.69, 9.17) is 0 Å². The third-order valence-corrected chi connectivity index (χ3v) is 4.60. The van der Waals surface area contributed by atoms with Gasteiger partial charge in [-0.1, -0.05) is 18.2 Å². The Morgan fingerprint density at radius 2 is 2.21 bits per heavy atom. The van der Waals surface area contributed by atoms with Crippen LogP contribution in [0.3, 0.4) is 0 Å². The standard InChI is InChI=1S/C19H21FN2O2/c20-16-7-3-5-14(11-16)18(12-17-8-1-2-9-21-17)22-10-4-6-15(13-22)19(23)24/h1-3,5,7-9,11,15,18H,4,6,10,12-13H2,(H,23,24). The van der Waals surface area contributed by atoms with Gasteiger partial charge in [-0.2, -0.15) is 0 Å². The summed E-state index contributed by atoms with van der Waals surface area (Å²) in [7, 11) is 0. The van der Waals surface area contributed by atoms with Crippen LogP contribution in [0.1, 0.15) is 30.1 Å². The minimum atomic E-state index is -0.754. The summed E-state index contributed by atoms with van der Waals surface area (Å²) in [5, 5.41) is 9.34. The second kappa shape index (κ2) is 7.53. The number of benzene rings is 1. The summed E-state index contributed by atoms with van der Waals surface area (Å²) < 4.78 is 13.7. The predicted octanol–water partition coefficient (Wildman–Crippen LogP) is 3.30. The van der Waals surface area contributed by atoms with E-state index in [9.17, 15) is 14.3 Å². The van der Waals surface area contributed by atoms with E-state index in [2.05, 4.69) is 9.88 Å². The van der Waals surface area contributed by atoms with Gasteiger partial charge in [-0.05, 0) is 49.2 Å². The lowest BCUT2D eigenvalue weighted by molar-refractivity contribution is -0.144. The fourth-order valence-electron chi connectivity index (χ4n) is 3.38. The first-order valence-electron chi connectivity index (χ1n) is 8.25. The fourth-order valence-corrected chi connectivity index (χ4v) is 3.38. The fraction of sp³-hybridized carbons (Fsp3) is 0.368. The van der Waals surface area contributed by atoms with Crippen molar-refractivity contribution in [1.29, 1.82) is 0 Å². The van der Waals surface area contributed by atoms with E-state index in [1.165, 1.54) is 12.1 Å². The van der Waals surface area contributed by atoms with Crippen LogP contribution >= 0.6 is 0 Å². The van der Waals surface area contributed by atoms with Gasteiger partial charge >= 0.3 is 5.97 Å². The third-order valence-electron chi connectivity index (χ3n) is 4.60. The molecule has 24 heavy (non-hydrogen) atoms. The smallest absolute Gasteiger partial charge is 0.307 e. The van der Waals surface area contributed by atoms with Crippen LogP contribution in [0.2, 0.25) is 0 Å². The normalized spacial score (nSPS) is 19.8. The topological polar surface area (TPSA) is 53.4 Å². The predicted molar refractivity (Wildman–Crippen MR) is 89.0 cm³/mol. The van der Waals surface area contributed by atoms with E-state index >= 15 is 0 Å². The van der Waals surface area contributed by atoms with Crippen molar-refractivity contribution in [3.8, 4) is 0 Å². The monoisotopic (exact) mass is 328 g/mol. The molecule has 0 radical (unpaired) electrons. The molecule has 0 amide bonds.